The van der Waals surface area contributed by atoms with E-state index in [9.17, 15) is 14.4 Å². The lowest BCUT2D eigenvalue weighted by Crippen LogP contribution is -2.24. The number of esters is 3. The first-order valence-electron chi connectivity index (χ1n) is 10.8. The van der Waals surface area contributed by atoms with Gasteiger partial charge in [0.05, 0.1) is 25.4 Å². The van der Waals surface area contributed by atoms with Gasteiger partial charge < -0.3 is 14.2 Å². The highest BCUT2D eigenvalue weighted by atomic mass is 16.5. The standard InChI is InChI=1S/C29H22O6/c1-33-23(30)18-22-24(19-12-6-3-7-13-19)26(29(32)34-2)25(22)27(20-14-8-4-9-15-20)35-28(31)21-16-10-5-11-17-21/h3-18H,1-2H3/b22-18-,27-25+. The van der Waals surface area contributed by atoms with E-state index in [0.717, 1.165) is 0 Å². The quantitative estimate of drug-likeness (QED) is 0.220. The summed E-state index contributed by atoms with van der Waals surface area (Å²) in [7, 11) is 2.54. The average Bonchev–Trinajstić information content (AvgIpc) is 2.91. The maximum absolute atomic E-state index is 13.1. The summed E-state index contributed by atoms with van der Waals surface area (Å²) < 4.78 is 15.8. The normalized spacial score (nSPS) is 15.2. The molecule has 3 aromatic carbocycles. The summed E-state index contributed by atoms with van der Waals surface area (Å²) in [4.78, 5) is 38.4. The van der Waals surface area contributed by atoms with Crippen LogP contribution in [-0.4, -0.2) is 32.1 Å². The molecule has 6 heteroatoms. The Morgan fingerprint density at radius 2 is 1.20 bits per heavy atom. The topological polar surface area (TPSA) is 78.9 Å². The third-order valence-electron chi connectivity index (χ3n) is 5.42. The van der Waals surface area contributed by atoms with E-state index in [1.54, 1.807) is 54.6 Å². The van der Waals surface area contributed by atoms with Gasteiger partial charge in [-0.1, -0.05) is 78.9 Å². The predicted molar refractivity (Wildman–Crippen MR) is 131 cm³/mol. The molecule has 0 bridgehead atoms. The molecule has 0 atom stereocenters. The number of methoxy groups -OCH3 is 2. The van der Waals surface area contributed by atoms with E-state index in [0.29, 0.717) is 27.8 Å². The Balaban J connectivity index is 2.00. The lowest BCUT2D eigenvalue weighted by atomic mass is 9.72. The lowest BCUT2D eigenvalue weighted by Gasteiger charge is -2.31. The summed E-state index contributed by atoms with van der Waals surface area (Å²) in [5.41, 5.74) is 2.99. The molecular weight excluding hydrogens is 444 g/mol. The van der Waals surface area contributed by atoms with Crippen LogP contribution in [0.25, 0.3) is 11.3 Å². The molecule has 0 amide bonds. The van der Waals surface area contributed by atoms with E-state index in [2.05, 4.69) is 0 Å². The fourth-order valence-corrected chi connectivity index (χ4v) is 3.79. The van der Waals surface area contributed by atoms with E-state index in [4.69, 9.17) is 14.2 Å². The highest BCUT2D eigenvalue weighted by Gasteiger charge is 2.40. The van der Waals surface area contributed by atoms with Crippen LogP contribution in [0.5, 0.6) is 0 Å². The Morgan fingerprint density at radius 1 is 0.657 bits per heavy atom. The van der Waals surface area contributed by atoms with Gasteiger partial charge in [-0.05, 0) is 17.7 Å². The van der Waals surface area contributed by atoms with Gasteiger partial charge in [-0.25, -0.2) is 14.4 Å². The largest absolute Gasteiger partial charge is 0.466 e. The number of carbonyl (C=O) groups excluding carboxylic acids is 3. The molecule has 0 saturated heterocycles. The van der Waals surface area contributed by atoms with Crippen molar-refractivity contribution >= 4 is 29.2 Å². The summed E-state index contributed by atoms with van der Waals surface area (Å²) >= 11 is 0. The third-order valence-corrected chi connectivity index (χ3v) is 5.42. The Morgan fingerprint density at radius 3 is 1.74 bits per heavy atom. The van der Waals surface area contributed by atoms with Gasteiger partial charge in [0.1, 0.15) is 5.76 Å². The number of hydrogen-bond donors (Lipinski definition) is 0. The molecule has 3 aromatic rings. The van der Waals surface area contributed by atoms with Crippen molar-refractivity contribution in [2.45, 2.75) is 0 Å². The van der Waals surface area contributed by atoms with Gasteiger partial charge in [0.15, 0.2) is 0 Å². The highest BCUT2D eigenvalue weighted by Crippen LogP contribution is 2.50. The van der Waals surface area contributed by atoms with E-state index < -0.39 is 17.9 Å². The molecule has 0 aromatic heterocycles. The zero-order chi connectivity index (χ0) is 24.8. The number of ether oxygens (including phenoxy) is 3. The van der Waals surface area contributed by atoms with Crippen LogP contribution in [0.1, 0.15) is 21.5 Å². The molecule has 0 unspecified atom stereocenters. The SMILES string of the molecule is COC(=O)/C=C1C(c2ccccc2)=C(C(=O)OC)C/1=C(/OC(=O)c1ccccc1)c1ccccc1. The predicted octanol–water partition coefficient (Wildman–Crippen LogP) is 4.99. The molecule has 6 nitrogen and oxygen atoms in total. The molecule has 0 saturated carbocycles. The molecule has 0 fully saturated rings. The maximum Gasteiger partial charge on any atom is 0.343 e. The van der Waals surface area contributed by atoms with Crippen LogP contribution < -0.4 is 0 Å². The van der Waals surface area contributed by atoms with Gasteiger partial charge in [-0.2, -0.15) is 0 Å². The van der Waals surface area contributed by atoms with Gasteiger partial charge in [0.2, 0.25) is 0 Å². The summed E-state index contributed by atoms with van der Waals surface area (Å²) in [6.07, 6.45) is 1.28. The Kier molecular flexibility index (Phi) is 7.02. The number of rotatable bonds is 6. The zero-order valence-electron chi connectivity index (χ0n) is 19.2. The van der Waals surface area contributed by atoms with Gasteiger partial charge >= 0.3 is 17.9 Å². The van der Waals surface area contributed by atoms with Crippen LogP contribution in [0.2, 0.25) is 0 Å². The van der Waals surface area contributed by atoms with Crippen molar-refractivity contribution < 1.29 is 28.6 Å². The van der Waals surface area contributed by atoms with E-state index >= 15 is 0 Å². The highest BCUT2D eigenvalue weighted by molar-refractivity contribution is 6.20. The van der Waals surface area contributed by atoms with Gasteiger partial charge in [-0.3, -0.25) is 0 Å². The maximum atomic E-state index is 13.1. The van der Waals surface area contributed by atoms with Crippen molar-refractivity contribution in [2.24, 2.45) is 0 Å². The smallest absolute Gasteiger partial charge is 0.343 e. The van der Waals surface area contributed by atoms with Crippen molar-refractivity contribution in [1.29, 1.82) is 0 Å². The molecule has 35 heavy (non-hydrogen) atoms. The van der Waals surface area contributed by atoms with Crippen molar-refractivity contribution in [3.05, 3.63) is 130 Å². The average molecular weight is 466 g/mol. The van der Waals surface area contributed by atoms with Gasteiger partial charge in [0, 0.05) is 28.4 Å². The fraction of sp³-hybridized carbons (Fsp3) is 0.0690. The lowest BCUT2D eigenvalue weighted by molar-refractivity contribution is -0.136. The van der Waals surface area contributed by atoms with Crippen molar-refractivity contribution in [3.63, 3.8) is 0 Å². The van der Waals surface area contributed by atoms with Crippen LogP contribution in [-0.2, 0) is 23.8 Å². The molecule has 0 heterocycles. The second kappa shape index (κ2) is 10.5. The zero-order valence-corrected chi connectivity index (χ0v) is 19.2. The van der Waals surface area contributed by atoms with Gasteiger partial charge in [-0.15, -0.1) is 0 Å². The summed E-state index contributed by atoms with van der Waals surface area (Å²) in [6.45, 7) is 0. The first-order valence-corrected chi connectivity index (χ1v) is 10.8. The molecular formula is C29H22O6. The number of carbonyl (C=O) groups is 3. The van der Waals surface area contributed by atoms with Gasteiger partial charge in [0.25, 0.3) is 0 Å². The van der Waals surface area contributed by atoms with Crippen LogP contribution in [0, 0.1) is 0 Å². The minimum absolute atomic E-state index is 0.134. The van der Waals surface area contributed by atoms with Crippen molar-refractivity contribution in [1.82, 2.24) is 0 Å². The summed E-state index contributed by atoms with van der Waals surface area (Å²) in [6, 6.07) is 26.5. The molecule has 4 rings (SSSR count). The molecule has 0 aliphatic heterocycles. The Bertz CT molecular complexity index is 1350. The molecule has 0 spiro atoms. The van der Waals surface area contributed by atoms with E-state index in [1.165, 1.54) is 20.3 Å². The second-order valence-electron chi connectivity index (χ2n) is 7.51. The minimum Gasteiger partial charge on any atom is -0.466 e. The first-order chi connectivity index (χ1) is 17.0. The Hall–Kier alpha value is -4.71. The molecule has 0 N–H and O–H groups in total. The third kappa shape index (κ3) is 4.82. The van der Waals surface area contributed by atoms with Crippen LogP contribution in [0.4, 0.5) is 0 Å². The monoisotopic (exact) mass is 466 g/mol. The number of benzene rings is 3. The molecule has 1 aliphatic carbocycles. The summed E-state index contributed by atoms with van der Waals surface area (Å²) in [5.74, 6) is -1.71. The van der Waals surface area contributed by atoms with E-state index in [-0.39, 0.29) is 16.9 Å². The minimum atomic E-state index is -0.620. The molecule has 1 aliphatic rings. The van der Waals surface area contributed by atoms with Crippen molar-refractivity contribution in [3.8, 4) is 0 Å². The fourth-order valence-electron chi connectivity index (χ4n) is 3.79. The molecule has 174 valence electrons. The summed E-state index contributed by atoms with van der Waals surface area (Å²) in [5, 5.41) is 0. The van der Waals surface area contributed by atoms with E-state index in [1.807, 2.05) is 36.4 Å². The number of allylic oxidation sites excluding steroid dienone is 2. The Labute approximate surface area is 202 Å². The van der Waals surface area contributed by atoms with Crippen LogP contribution in [0.15, 0.2) is 114 Å². The number of hydrogen-bond acceptors (Lipinski definition) is 6. The first kappa shape index (κ1) is 23.4. The van der Waals surface area contributed by atoms with Crippen molar-refractivity contribution in [2.75, 3.05) is 14.2 Å². The molecule has 0 radical (unpaired) electrons. The van der Waals surface area contributed by atoms with Crippen LogP contribution >= 0.6 is 0 Å². The second-order valence-corrected chi connectivity index (χ2v) is 7.51. The van der Waals surface area contributed by atoms with Crippen LogP contribution in [0.3, 0.4) is 0 Å².